The first-order valence-electron chi connectivity index (χ1n) is 9.19. The molecule has 0 atom stereocenters. The van der Waals surface area contributed by atoms with Crippen molar-refractivity contribution in [2.75, 3.05) is 7.11 Å². The summed E-state index contributed by atoms with van der Waals surface area (Å²) in [6.07, 6.45) is 1.04. The van der Waals surface area contributed by atoms with Gasteiger partial charge >= 0.3 is 5.97 Å². The Bertz CT molecular complexity index is 948. The predicted octanol–water partition coefficient (Wildman–Crippen LogP) is 6.00. The monoisotopic (exact) mass is 394 g/mol. The van der Waals surface area contributed by atoms with Crippen molar-refractivity contribution in [3.63, 3.8) is 0 Å². The first kappa shape index (κ1) is 20.0. The third-order valence-corrected chi connectivity index (χ3v) is 4.84. The summed E-state index contributed by atoms with van der Waals surface area (Å²) in [6, 6.07) is 22.1. The second-order valence-electron chi connectivity index (χ2n) is 6.67. The molecule has 0 fully saturated rings. The van der Waals surface area contributed by atoms with Gasteiger partial charge < -0.3 is 9.47 Å². The van der Waals surface area contributed by atoms with Gasteiger partial charge in [-0.1, -0.05) is 48.0 Å². The maximum Gasteiger partial charge on any atom is 0.305 e. The van der Waals surface area contributed by atoms with Gasteiger partial charge in [-0.3, -0.25) is 4.79 Å². The van der Waals surface area contributed by atoms with Gasteiger partial charge in [0, 0.05) is 11.4 Å². The Morgan fingerprint density at radius 3 is 2.46 bits per heavy atom. The molecule has 0 aromatic heterocycles. The molecule has 3 aromatic carbocycles. The number of hydrogen-bond donors (Lipinski definition) is 0. The third kappa shape index (κ3) is 5.37. The lowest BCUT2D eigenvalue weighted by atomic mass is 9.99. The molecule has 0 unspecified atom stereocenters. The van der Waals surface area contributed by atoms with Gasteiger partial charge in [0.25, 0.3) is 0 Å². The molecule has 28 heavy (non-hydrogen) atoms. The van der Waals surface area contributed by atoms with Crippen molar-refractivity contribution in [2.45, 2.75) is 26.4 Å². The Morgan fingerprint density at radius 2 is 1.75 bits per heavy atom. The first-order chi connectivity index (χ1) is 13.5. The molecule has 0 aliphatic heterocycles. The summed E-state index contributed by atoms with van der Waals surface area (Å²) < 4.78 is 10.6. The van der Waals surface area contributed by atoms with Crippen molar-refractivity contribution in [3.05, 3.63) is 88.4 Å². The van der Waals surface area contributed by atoms with Crippen molar-refractivity contribution < 1.29 is 14.3 Å². The number of rotatable bonds is 7. The quantitative estimate of drug-likeness (QED) is 0.461. The highest BCUT2D eigenvalue weighted by Crippen LogP contribution is 2.27. The number of halogens is 1. The fourth-order valence-electron chi connectivity index (χ4n) is 3.05. The summed E-state index contributed by atoms with van der Waals surface area (Å²) in [7, 11) is 1.41. The van der Waals surface area contributed by atoms with Crippen LogP contribution in [0.15, 0.2) is 66.7 Å². The SMILES string of the molecule is COC(=O)CCc1ccc(OCc2cccc(-c3ccc(Cl)cc3C)c2)cc1. The van der Waals surface area contributed by atoms with E-state index >= 15 is 0 Å². The first-order valence-corrected chi connectivity index (χ1v) is 9.57. The molecule has 0 bridgehead atoms. The molecule has 144 valence electrons. The Labute approximate surface area is 170 Å². The Kier molecular flexibility index (Phi) is 6.72. The van der Waals surface area contributed by atoms with Crippen LogP contribution in [0.1, 0.15) is 23.1 Å². The van der Waals surface area contributed by atoms with Crippen LogP contribution in [0, 0.1) is 6.92 Å². The minimum absolute atomic E-state index is 0.198. The number of carbonyl (C=O) groups is 1. The van der Waals surface area contributed by atoms with E-state index in [2.05, 4.69) is 29.9 Å². The Morgan fingerprint density at radius 1 is 0.964 bits per heavy atom. The van der Waals surface area contributed by atoms with E-state index in [1.54, 1.807) is 0 Å². The van der Waals surface area contributed by atoms with Gasteiger partial charge in [-0.15, -0.1) is 0 Å². The maximum absolute atomic E-state index is 11.2. The molecular formula is C24H23ClO3. The highest BCUT2D eigenvalue weighted by molar-refractivity contribution is 6.30. The summed E-state index contributed by atoms with van der Waals surface area (Å²) in [4.78, 5) is 11.2. The molecule has 3 nitrogen and oxygen atoms in total. The van der Waals surface area contributed by atoms with Gasteiger partial charge in [-0.2, -0.15) is 0 Å². The summed E-state index contributed by atoms with van der Waals surface area (Å²) >= 11 is 6.06. The second kappa shape index (κ2) is 9.43. The molecule has 3 rings (SSSR count). The normalized spacial score (nSPS) is 10.5. The molecule has 0 amide bonds. The molecule has 0 aliphatic rings. The van der Waals surface area contributed by atoms with Gasteiger partial charge in [-0.05, 0) is 71.5 Å². The molecular weight excluding hydrogens is 372 g/mol. The molecule has 0 spiro atoms. The maximum atomic E-state index is 11.2. The van der Waals surface area contributed by atoms with Gasteiger partial charge in [-0.25, -0.2) is 0 Å². The Hall–Kier alpha value is -2.78. The highest BCUT2D eigenvalue weighted by atomic mass is 35.5. The summed E-state index contributed by atoms with van der Waals surface area (Å²) in [6.45, 7) is 2.55. The minimum Gasteiger partial charge on any atom is -0.489 e. The topological polar surface area (TPSA) is 35.5 Å². The molecule has 0 aliphatic carbocycles. The van der Waals surface area contributed by atoms with Crippen LogP contribution in [0.2, 0.25) is 5.02 Å². The lowest BCUT2D eigenvalue weighted by Gasteiger charge is -2.10. The Balaban J connectivity index is 1.62. The van der Waals surface area contributed by atoms with Crippen molar-refractivity contribution in [1.29, 1.82) is 0 Å². The molecule has 4 heteroatoms. The fraction of sp³-hybridized carbons (Fsp3) is 0.208. The van der Waals surface area contributed by atoms with Crippen LogP contribution >= 0.6 is 11.6 Å². The van der Waals surface area contributed by atoms with Gasteiger partial charge in [0.15, 0.2) is 0 Å². The zero-order valence-corrected chi connectivity index (χ0v) is 16.8. The fourth-order valence-corrected chi connectivity index (χ4v) is 3.27. The predicted molar refractivity (Wildman–Crippen MR) is 113 cm³/mol. The van der Waals surface area contributed by atoms with Crippen molar-refractivity contribution >= 4 is 17.6 Å². The number of hydrogen-bond acceptors (Lipinski definition) is 3. The molecule has 0 N–H and O–H groups in total. The van der Waals surface area contributed by atoms with Crippen LogP contribution in [0.3, 0.4) is 0 Å². The van der Waals surface area contributed by atoms with Crippen LogP contribution in [0.5, 0.6) is 5.75 Å². The smallest absolute Gasteiger partial charge is 0.305 e. The lowest BCUT2D eigenvalue weighted by molar-refractivity contribution is -0.140. The van der Waals surface area contributed by atoms with Crippen molar-refractivity contribution in [2.24, 2.45) is 0 Å². The lowest BCUT2D eigenvalue weighted by Crippen LogP contribution is -2.02. The highest BCUT2D eigenvalue weighted by Gasteiger charge is 2.05. The molecule has 0 radical (unpaired) electrons. The van der Waals surface area contributed by atoms with Crippen molar-refractivity contribution in [1.82, 2.24) is 0 Å². The zero-order valence-electron chi connectivity index (χ0n) is 16.1. The van der Waals surface area contributed by atoms with E-state index in [9.17, 15) is 4.79 Å². The third-order valence-electron chi connectivity index (χ3n) is 4.60. The van der Waals surface area contributed by atoms with E-state index in [1.807, 2.05) is 48.5 Å². The number of aryl methyl sites for hydroxylation is 2. The molecule has 3 aromatic rings. The number of esters is 1. The summed E-state index contributed by atoms with van der Waals surface area (Å²) in [5, 5.41) is 0.746. The number of carbonyl (C=O) groups excluding carboxylic acids is 1. The number of methoxy groups -OCH3 is 1. The minimum atomic E-state index is -0.198. The van der Waals surface area contributed by atoms with E-state index in [0.29, 0.717) is 19.4 Å². The molecule has 0 saturated carbocycles. The van der Waals surface area contributed by atoms with E-state index in [1.165, 1.54) is 12.7 Å². The van der Waals surface area contributed by atoms with Gasteiger partial charge in [0.1, 0.15) is 12.4 Å². The van der Waals surface area contributed by atoms with Crippen LogP contribution in [-0.2, 0) is 22.6 Å². The average Bonchev–Trinajstić information content (AvgIpc) is 2.71. The number of ether oxygens (including phenoxy) is 2. The van der Waals surface area contributed by atoms with Gasteiger partial charge in [0.2, 0.25) is 0 Å². The largest absolute Gasteiger partial charge is 0.489 e. The standard InChI is InChI=1S/C24H23ClO3/c1-17-14-21(25)9-12-23(17)20-5-3-4-19(15-20)16-28-22-10-6-18(7-11-22)8-13-24(26)27-2/h3-7,9-12,14-15H,8,13,16H2,1-2H3. The van der Waals surface area contributed by atoms with Crippen molar-refractivity contribution in [3.8, 4) is 16.9 Å². The van der Waals surface area contributed by atoms with E-state index in [4.69, 9.17) is 16.3 Å². The van der Waals surface area contributed by atoms with E-state index < -0.39 is 0 Å². The molecule has 0 heterocycles. The van der Waals surface area contributed by atoms with Crippen LogP contribution in [0.4, 0.5) is 0 Å². The summed E-state index contributed by atoms with van der Waals surface area (Å²) in [5.74, 6) is 0.603. The van der Waals surface area contributed by atoms with Gasteiger partial charge in [0.05, 0.1) is 7.11 Å². The zero-order chi connectivity index (χ0) is 19.9. The summed E-state index contributed by atoms with van der Waals surface area (Å²) in [5.41, 5.74) is 5.64. The second-order valence-corrected chi connectivity index (χ2v) is 7.10. The average molecular weight is 395 g/mol. The van der Waals surface area contributed by atoms with Crippen LogP contribution in [0.25, 0.3) is 11.1 Å². The van der Waals surface area contributed by atoms with Crippen LogP contribution in [-0.4, -0.2) is 13.1 Å². The molecule has 0 saturated heterocycles. The number of benzene rings is 3. The van der Waals surface area contributed by atoms with E-state index in [-0.39, 0.29) is 5.97 Å². The van der Waals surface area contributed by atoms with E-state index in [0.717, 1.165) is 33.0 Å². The van der Waals surface area contributed by atoms with Crippen LogP contribution < -0.4 is 4.74 Å².